The molecule has 5 heteroatoms. The molecule has 0 saturated carbocycles. The zero-order valence-electron chi connectivity index (χ0n) is 11.6. The molecule has 0 atom stereocenters. The van der Waals surface area contributed by atoms with Gasteiger partial charge in [-0.15, -0.1) is 22.9 Å². The van der Waals surface area contributed by atoms with Gasteiger partial charge >= 0.3 is 0 Å². The summed E-state index contributed by atoms with van der Waals surface area (Å²) in [6.45, 7) is 0. The number of nitrogens with one attached hydrogen (secondary N) is 1. The first-order valence-corrected chi connectivity index (χ1v) is 8.10. The molecule has 2 aromatic carbocycles. The maximum Gasteiger partial charge on any atom is 0.240 e. The fraction of sp³-hybridized carbons (Fsp3) is 0.0588. The van der Waals surface area contributed by atoms with Crippen molar-refractivity contribution in [2.45, 2.75) is 0 Å². The molecule has 0 spiro atoms. The van der Waals surface area contributed by atoms with Crippen molar-refractivity contribution in [3.05, 3.63) is 60.7 Å². The van der Waals surface area contributed by atoms with Crippen molar-refractivity contribution in [1.29, 1.82) is 0 Å². The van der Waals surface area contributed by atoms with Crippen LogP contribution < -0.4 is 5.32 Å². The van der Waals surface area contributed by atoms with E-state index in [1.807, 2.05) is 60.7 Å². The zero-order valence-corrected chi connectivity index (χ0v) is 13.2. The standard InChI is InChI=1S/C17H13ClN2OS/c18-11-14(21)19-16-15(12-7-3-1-4-8-12)22-17(20-16)13-9-5-2-6-10-13/h1-10H,11H2,(H,19,21). The molecule has 1 heterocycles. The van der Waals surface area contributed by atoms with E-state index < -0.39 is 0 Å². The molecule has 3 aromatic rings. The van der Waals surface area contributed by atoms with E-state index in [0.717, 1.165) is 21.0 Å². The first-order valence-electron chi connectivity index (χ1n) is 6.75. The lowest BCUT2D eigenvalue weighted by Crippen LogP contribution is -2.13. The minimum atomic E-state index is -0.260. The second-order valence-electron chi connectivity index (χ2n) is 4.61. The van der Waals surface area contributed by atoms with Crippen molar-refractivity contribution < 1.29 is 4.79 Å². The van der Waals surface area contributed by atoms with Crippen LogP contribution in [0.1, 0.15) is 0 Å². The number of hydrogen-bond acceptors (Lipinski definition) is 3. The number of thiazole rings is 1. The number of anilines is 1. The Balaban J connectivity index is 2.07. The molecule has 0 fully saturated rings. The molecule has 22 heavy (non-hydrogen) atoms. The first-order chi connectivity index (χ1) is 10.8. The number of rotatable bonds is 4. The smallest absolute Gasteiger partial charge is 0.240 e. The van der Waals surface area contributed by atoms with Crippen molar-refractivity contribution in [1.82, 2.24) is 4.98 Å². The molecule has 0 bridgehead atoms. The number of nitrogens with zero attached hydrogens (tertiary/aromatic N) is 1. The summed E-state index contributed by atoms with van der Waals surface area (Å²) < 4.78 is 0. The van der Waals surface area contributed by atoms with Crippen molar-refractivity contribution in [2.75, 3.05) is 11.2 Å². The average molecular weight is 329 g/mol. The SMILES string of the molecule is O=C(CCl)Nc1nc(-c2ccccc2)sc1-c1ccccc1. The predicted octanol–water partition coefficient (Wildman–Crippen LogP) is 4.65. The van der Waals surface area contributed by atoms with E-state index in [0.29, 0.717) is 5.82 Å². The molecule has 1 aromatic heterocycles. The largest absolute Gasteiger partial charge is 0.308 e. The second kappa shape index (κ2) is 6.73. The van der Waals surface area contributed by atoms with Gasteiger partial charge in [0.1, 0.15) is 10.9 Å². The highest BCUT2D eigenvalue weighted by Crippen LogP contribution is 2.38. The van der Waals surface area contributed by atoms with Gasteiger partial charge in [0, 0.05) is 5.56 Å². The van der Waals surface area contributed by atoms with Crippen molar-refractivity contribution in [3.63, 3.8) is 0 Å². The third-order valence-electron chi connectivity index (χ3n) is 3.06. The lowest BCUT2D eigenvalue weighted by Gasteiger charge is -2.02. The summed E-state index contributed by atoms with van der Waals surface area (Å²) in [7, 11) is 0. The third-order valence-corrected chi connectivity index (χ3v) is 4.46. The number of hydrogen-bond donors (Lipinski definition) is 1. The maximum absolute atomic E-state index is 11.6. The Kier molecular flexibility index (Phi) is 4.51. The van der Waals surface area contributed by atoms with Gasteiger partial charge < -0.3 is 5.32 Å². The van der Waals surface area contributed by atoms with Crippen LogP contribution in [-0.2, 0) is 4.79 Å². The fourth-order valence-corrected chi connectivity index (χ4v) is 3.16. The molecule has 3 nitrogen and oxygen atoms in total. The van der Waals surface area contributed by atoms with Crippen LogP contribution in [0.4, 0.5) is 5.82 Å². The third kappa shape index (κ3) is 3.18. The average Bonchev–Trinajstić information content (AvgIpc) is 3.00. The summed E-state index contributed by atoms with van der Waals surface area (Å²) in [5.41, 5.74) is 2.04. The number of alkyl halides is 1. The van der Waals surface area contributed by atoms with Crippen LogP contribution in [0.2, 0.25) is 0 Å². The van der Waals surface area contributed by atoms with Crippen LogP contribution in [0.5, 0.6) is 0 Å². The van der Waals surface area contributed by atoms with Gasteiger partial charge in [-0.2, -0.15) is 0 Å². The molecule has 1 amide bonds. The van der Waals surface area contributed by atoms with Gasteiger partial charge in [0.05, 0.1) is 4.88 Å². The number of benzene rings is 2. The van der Waals surface area contributed by atoms with Crippen LogP contribution in [0, 0.1) is 0 Å². The molecule has 0 aliphatic rings. The van der Waals surface area contributed by atoms with E-state index >= 15 is 0 Å². The Morgan fingerprint density at radius 1 is 1.00 bits per heavy atom. The summed E-state index contributed by atoms with van der Waals surface area (Å²) in [6, 6.07) is 19.8. The van der Waals surface area contributed by atoms with Gasteiger partial charge in [-0.3, -0.25) is 4.79 Å². The highest BCUT2D eigenvalue weighted by molar-refractivity contribution is 7.19. The molecule has 0 aliphatic carbocycles. The van der Waals surface area contributed by atoms with Crippen molar-refractivity contribution in [2.24, 2.45) is 0 Å². The van der Waals surface area contributed by atoms with Gasteiger partial charge in [-0.05, 0) is 5.56 Å². The van der Waals surface area contributed by atoms with Crippen molar-refractivity contribution >= 4 is 34.7 Å². The summed E-state index contributed by atoms with van der Waals surface area (Å²) in [5, 5.41) is 3.64. The monoisotopic (exact) mass is 328 g/mol. The highest BCUT2D eigenvalue weighted by atomic mass is 35.5. The number of carbonyl (C=O) groups is 1. The van der Waals surface area contributed by atoms with Crippen molar-refractivity contribution in [3.8, 4) is 21.0 Å². The quantitative estimate of drug-likeness (QED) is 0.708. The van der Waals surface area contributed by atoms with E-state index in [1.165, 1.54) is 0 Å². The van der Waals surface area contributed by atoms with Gasteiger partial charge in [0.25, 0.3) is 0 Å². The Hall–Kier alpha value is -2.17. The van der Waals surface area contributed by atoms with Gasteiger partial charge in [-0.25, -0.2) is 4.98 Å². The topological polar surface area (TPSA) is 42.0 Å². The second-order valence-corrected chi connectivity index (χ2v) is 5.88. The predicted molar refractivity (Wildman–Crippen MR) is 92.3 cm³/mol. The van der Waals surface area contributed by atoms with E-state index in [1.54, 1.807) is 11.3 Å². The molecule has 3 rings (SSSR count). The first kappa shape index (κ1) is 14.8. The lowest BCUT2D eigenvalue weighted by atomic mass is 10.2. The molecule has 1 N–H and O–H groups in total. The summed E-state index contributed by atoms with van der Waals surface area (Å²) in [5.74, 6) is 0.205. The molecule has 0 unspecified atom stereocenters. The molecular weight excluding hydrogens is 316 g/mol. The molecule has 0 aliphatic heterocycles. The van der Waals surface area contributed by atoms with E-state index in [4.69, 9.17) is 11.6 Å². The van der Waals surface area contributed by atoms with Crippen LogP contribution >= 0.6 is 22.9 Å². The Morgan fingerprint density at radius 2 is 1.59 bits per heavy atom. The summed E-state index contributed by atoms with van der Waals surface area (Å²) in [6.07, 6.45) is 0. The number of carbonyl (C=O) groups excluding carboxylic acids is 1. The Bertz CT molecular complexity index is 772. The van der Waals surface area contributed by atoms with Gasteiger partial charge in [0.15, 0.2) is 5.82 Å². The van der Waals surface area contributed by atoms with Crippen LogP contribution in [0.3, 0.4) is 0 Å². The van der Waals surface area contributed by atoms with E-state index in [9.17, 15) is 4.79 Å². The maximum atomic E-state index is 11.6. The Morgan fingerprint density at radius 3 is 2.18 bits per heavy atom. The summed E-state index contributed by atoms with van der Waals surface area (Å²) >= 11 is 7.14. The minimum absolute atomic E-state index is 0.0908. The minimum Gasteiger partial charge on any atom is -0.308 e. The van der Waals surface area contributed by atoms with Gasteiger partial charge in [-0.1, -0.05) is 60.7 Å². The van der Waals surface area contributed by atoms with Crippen LogP contribution in [0.15, 0.2) is 60.7 Å². The molecule has 0 saturated heterocycles. The van der Waals surface area contributed by atoms with Crippen LogP contribution in [0.25, 0.3) is 21.0 Å². The number of aromatic nitrogens is 1. The summed E-state index contributed by atoms with van der Waals surface area (Å²) in [4.78, 5) is 17.1. The number of halogens is 1. The number of amides is 1. The molecular formula is C17H13ClN2OS. The lowest BCUT2D eigenvalue weighted by molar-refractivity contribution is -0.113. The molecule has 0 radical (unpaired) electrons. The normalized spacial score (nSPS) is 10.4. The fourth-order valence-electron chi connectivity index (χ4n) is 2.06. The van der Waals surface area contributed by atoms with Gasteiger partial charge in [0.2, 0.25) is 5.91 Å². The van der Waals surface area contributed by atoms with E-state index in [-0.39, 0.29) is 11.8 Å². The Labute approximate surface area is 137 Å². The van der Waals surface area contributed by atoms with Crippen LogP contribution in [-0.4, -0.2) is 16.8 Å². The molecule has 110 valence electrons. The highest BCUT2D eigenvalue weighted by Gasteiger charge is 2.15. The van der Waals surface area contributed by atoms with E-state index in [2.05, 4.69) is 10.3 Å². The zero-order chi connectivity index (χ0) is 15.4.